The number of halogens is 1. The van der Waals surface area contributed by atoms with Gasteiger partial charge < -0.3 is 16.4 Å². The molecule has 0 bridgehead atoms. The van der Waals surface area contributed by atoms with Gasteiger partial charge >= 0.3 is 0 Å². The largest absolute Gasteiger partial charge is 0.326 e. The topological polar surface area (TPSA) is 67.2 Å². The van der Waals surface area contributed by atoms with E-state index < -0.39 is 6.17 Å². The van der Waals surface area contributed by atoms with Crippen molar-refractivity contribution in [1.29, 1.82) is 0 Å². The van der Waals surface area contributed by atoms with Crippen molar-refractivity contribution in [2.45, 2.75) is 80.2 Å². The smallest absolute Gasteiger partial charge is 0.150 e. The van der Waals surface area contributed by atoms with Crippen molar-refractivity contribution in [3.05, 3.63) is 0 Å². The molecule has 4 nitrogen and oxygen atoms in total. The molecule has 1 saturated carbocycles. The van der Waals surface area contributed by atoms with E-state index in [2.05, 4.69) is 10.6 Å². The molecule has 4 rings (SSSR count). The standard InChI is InChI=1S/C19H32FN3OS/c20-13-5-3-11(4-6-13)17(24)18-16(21)14-7-8-15(23-19(14)25-18)12-2-1-9-22-10-12/h11-16,18-19,22-23H,1-10,21H2. The summed E-state index contributed by atoms with van der Waals surface area (Å²) in [6.45, 7) is 2.26. The minimum Gasteiger partial charge on any atom is -0.326 e. The van der Waals surface area contributed by atoms with Gasteiger partial charge in [0.25, 0.3) is 0 Å². The molecule has 3 heterocycles. The summed E-state index contributed by atoms with van der Waals surface area (Å²) in [7, 11) is 0. The number of nitrogens with two attached hydrogens (primary N) is 1. The second-order valence-electron chi connectivity index (χ2n) is 8.53. The fraction of sp³-hybridized carbons (Fsp3) is 0.947. The van der Waals surface area contributed by atoms with Gasteiger partial charge in [-0.15, -0.1) is 11.8 Å². The second kappa shape index (κ2) is 7.83. The lowest BCUT2D eigenvalue weighted by atomic mass is 9.78. The van der Waals surface area contributed by atoms with Crippen molar-refractivity contribution in [3.8, 4) is 0 Å². The quantitative estimate of drug-likeness (QED) is 0.712. The average Bonchev–Trinajstić information content (AvgIpc) is 2.98. The highest BCUT2D eigenvalue weighted by molar-refractivity contribution is 8.01. The van der Waals surface area contributed by atoms with Gasteiger partial charge in [0, 0.05) is 23.9 Å². The average molecular weight is 370 g/mol. The third-order valence-electron chi connectivity index (χ3n) is 6.96. The highest BCUT2D eigenvalue weighted by atomic mass is 32.2. The number of carbonyl (C=O) groups excluding carboxylic acids is 1. The van der Waals surface area contributed by atoms with Crippen molar-refractivity contribution < 1.29 is 9.18 Å². The van der Waals surface area contributed by atoms with Crippen LogP contribution in [0, 0.1) is 17.8 Å². The van der Waals surface area contributed by atoms with Crippen LogP contribution in [0.4, 0.5) is 4.39 Å². The van der Waals surface area contributed by atoms with Crippen molar-refractivity contribution in [2.24, 2.45) is 23.5 Å². The third kappa shape index (κ3) is 3.78. The van der Waals surface area contributed by atoms with Gasteiger partial charge in [-0.05, 0) is 70.4 Å². The summed E-state index contributed by atoms with van der Waals surface area (Å²) < 4.78 is 13.4. The first-order valence-corrected chi connectivity index (χ1v) is 11.1. The summed E-state index contributed by atoms with van der Waals surface area (Å²) in [6, 6.07) is 0.521. The molecule has 0 spiro atoms. The Hall–Kier alpha value is -0.170. The van der Waals surface area contributed by atoms with Crippen molar-refractivity contribution >= 4 is 17.5 Å². The molecule has 6 unspecified atom stereocenters. The molecule has 0 amide bonds. The predicted octanol–water partition coefficient (Wildman–Crippen LogP) is 2.22. The van der Waals surface area contributed by atoms with E-state index in [9.17, 15) is 9.18 Å². The van der Waals surface area contributed by atoms with Crippen LogP contribution in [0.5, 0.6) is 0 Å². The van der Waals surface area contributed by atoms with Crippen molar-refractivity contribution in [3.63, 3.8) is 0 Å². The lowest BCUT2D eigenvalue weighted by Crippen LogP contribution is -2.53. The maximum Gasteiger partial charge on any atom is 0.150 e. The van der Waals surface area contributed by atoms with Crippen molar-refractivity contribution in [1.82, 2.24) is 10.6 Å². The Labute approximate surface area is 154 Å². The molecule has 25 heavy (non-hydrogen) atoms. The molecule has 3 saturated heterocycles. The SMILES string of the molecule is NC1C(C(=O)C2CCC(F)CC2)SC2NC(C3CCCNC3)CCC21. The van der Waals surface area contributed by atoms with E-state index >= 15 is 0 Å². The molecule has 0 aromatic rings. The number of rotatable bonds is 3. The lowest BCUT2D eigenvalue weighted by molar-refractivity contribution is -0.124. The number of fused-ring (bicyclic) bond motifs is 1. The summed E-state index contributed by atoms with van der Waals surface area (Å²) >= 11 is 1.77. The summed E-state index contributed by atoms with van der Waals surface area (Å²) in [5.41, 5.74) is 6.52. The Balaban J connectivity index is 1.36. The molecule has 0 aromatic heterocycles. The lowest BCUT2D eigenvalue weighted by Gasteiger charge is -2.39. The van der Waals surface area contributed by atoms with Crippen LogP contribution in [0.15, 0.2) is 0 Å². The first-order chi connectivity index (χ1) is 12.1. The zero-order chi connectivity index (χ0) is 17.4. The molecule has 4 aliphatic rings. The molecule has 6 atom stereocenters. The van der Waals surface area contributed by atoms with Crippen molar-refractivity contribution in [2.75, 3.05) is 13.1 Å². The highest BCUT2D eigenvalue weighted by Gasteiger charge is 2.49. The van der Waals surface area contributed by atoms with Gasteiger partial charge in [0.1, 0.15) is 6.17 Å². The zero-order valence-electron chi connectivity index (χ0n) is 15.0. The molecule has 142 valence electrons. The molecule has 4 fully saturated rings. The maximum absolute atomic E-state index is 13.4. The van der Waals surface area contributed by atoms with Crippen LogP contribution >= 0.6 is 11.8 Å². The number of hydrogen-bond donors (Lipinski definition) is 3. The summed E-state index contributed by atoms with van der Waals surface area (Å²) in [6.07, 6.45) is 6.68. The first-order valence-electron chi connectivity index (χ1n) is 10.2. The number of piperidine rings is 2. The molecule has 4 N–H and O–H groups in total. The van der Waals surface area contributed by atoms with Crippen LogP contribution in [-0.2, 0) is 4.79 Å². The monoisotopic (exact) mass is 369 g/mol. The number of hydrogen-bond acceptors (Lipinski definition) is 5. The molecule has 1 aliphatic carbocycles. The second-order valence-corrected chi connectivity index (χ2v) is 9.81. The van der Waals surface area contributed by atoms with Gasteiger partial charge in [-0.3, -0.25) is 4.79 Å². The Kier molecular flexibility index (Phi) is 5.70. The predicted molar refractivity (Wildman–Crippen MR) is 100 cm³/mol. The summed E-state index contributed by atoms with van der Waals surface area (Å²) in [4.78, 5) is 13.0. The zero-order valence-corrected chi connectivity index (χ0v) is 15.8. The molecule has 6 heteroatoms. The Morgan fingerprint density at radius 3 is 2.60 bits per heavy atom. The van der Waals surface area contributed by atoms with E-state index in [1.54, 1.807) is 11.8 Å². The normalized spacial score (nSPS) is 48.1. The van der Waals surface area contributed by atoms with Gasteiger partial charge in [0.2, 0.25) is 0 Å². The molecule has 0 aromatic carbocycles. The van der Waals surface area contributed by atoms with Crippen LogP contribution in [-0.4, -0.2) is 47.8 Å². The number of carbonyl (C=O) groups is 1. The van der Waals surface area contributed by atoms with Gasteiger partial charge in [-0.2, -0.15) is 0 Å². The van der Waals surface area contributed by atoms with E-state index in [0.717, 1.165) is 19.5 Å². The molecular weight excluding hydrogens is 337 g/mol. The third-order valence-corrected chi connectivity index (χ3v) is 8.58. The number of thioether (sulfide) groups is 1. The fourth-order valence-corrected chi connectivity index (χ4v) is 7.17. The van der Waals surface area contributed by atoms with E-state index in [0.29, 0.717) is 54.7 Å². The number of nitrogens with one attached hydrogen (secondary N) is 2. The minimum atomic E-state index is -0.705. The molecule has 3 aliphatic heterocycles. The van der Waals surface area contributed by atoms with E-state index in [1.807, 2.05) is 0 Å². The highest BCUT2D eigenvalue weighted by Crippen LogP contribution is 2.45. The molecule has 0 radical (unpaired) electrons. The minimum absolute atomic E-state index is 0.0362. The number of ketones is 1. The maximum atomic E-state index is 13.4. The van der Waals surface area contributed by atoms with Crippen LogP contribution in [0.1, 0.15) is 51.4 Å². The van der Waals surface area contributed by atoms with Crippen LogP contribution in [0.3, 0.4) is 0 Å². The summed E-state index contributed by atoms with van der Waals surface area (Å²) in [5, 5.41) is 7.59. The van der Waals surface area contributed by atoms with E-state index in [4.69, 9.17) is 5.73 Å². The van der Waals surface area contributed by atoms with Crippen LogP contribution < -0.4 is 16.4 Å². The Morgan fingerprint density at radius 2 is 1.88 bits per heavy atom. The number of alkyl halides is 1. The first kappa shape index (κ1) is 18.2. The Bertz CT molecular complexity index is 479. The van der Waals surface area contributed by atoms with Gasteiger partial charge in [0.05, 0.1) is 10.6 Å². The van der Waals surface area contributed by atoms with E-state index in [-0.39, 0.29) is 17.2 Å². The van der Waals surface area contributed by atoms with Crippen LogP contribution in [0.25, 0.3) is 0 Å². The van der Waals surface area contributed by atoms with E-state index in [1.165, 1.54) is 19.3 Å². The number of Topliss-reactive ketones (excluding diaryl/α,β-unsaturated/α-hetero) is 1. The van der Waals surface area contributed by atoms with Crippen LogP contribution in [0.2, 0.25) is 0 Å². The fourth-order valence-electron chi connectivity index (χ4n) is 5.37. The van der Waals surface area contributed by atoms with Gasteiger partial charge in [-0.1, -0.05) is 0 Å². The Morgan fingerprint density at radius 1 is 1.08 bits per heavy atom. The summed E-state index contributed by atoms with van der Waals surface area (Å²) in [5.74, 6) is 1.45. The van der Waals surface area contributed by atoms with Gasteiger partial charge in [-0.25, -0.2) is 4.39 Å². The molecular formula is C19H32FN3OS. The van der Waals surface area contributed by atoms with Gasteiger partial charge in [0.15, 0.2) is 5.78 Å².